The molecule has 4 nitrogen and oxygen atoms in total. The number of hydrogen-bond acceptors (Lipinski definition) is 3. The largest absolute Gasteiger partial charge is 0.329 e. The lowest BCUT2D eigenvalue weighted by Gasteiger charge is -2.34. The first-order chi connectivity index (χ1) is 7.47. The summed E-state index contributed by atoms with van der Waals surface area (Å²) in [6, 6.07) is 0.0333. The molecule has 0 aromatic rings. The van der Waals surface area contributed by atoms with Crippen LogP contribution in [0.1, 0.15) is 39.5 Å². The summed E-state index contributed by atoms with van der Waals surface area (Å²) >= 11 is 0. The topological polar surface area (TPSA) is 63.4 Å². The van der Waals surface area contributed by atoms with Crippen molar-refractivity contribution < 1.29 is 8.42 Å². The SMILES string of the molecule is CC(C)CCS(=O)(=O)N1CCCCC1CN. The van der Waals surface area contributed by atoms with Crippen molar-refractivity contribution in [2.75, 3.05) is 18.8 Å². The maximum absolute atomic E-state index is 12.1. The highest BCUT2D eigenvalue weighted by Crippen LogP contribution is 2.21. The predicted molar refractivity (Wildman–Crippen MR) is 66.6 cm³/mol. The summed E-state index contributed by atoms with van der Waals surface area (Å²) in [5.74, 6) is 0.692. The van der Waals surface area contributed by atoms with Gasteiger partial charge in [-0.25, -0.2) is 8.42 Å². The van der Waals surface area contributed by atoms with E-state index < -0.39 is 10.0 Å². The Labute approximate surface area is 99.2 Å². The zero-order chi connectivity index (χ0) is 12.2. The van der Waals surface area contributed by atoms with E-state index in [0.29, 0.717) is 19.0 Å². The van der Waals surface area contributed by atoms with Crippen LogP contribution >= 0.6 is 0 Å². The molecule has 1 rings (SSSR count). The first-order valence-electron chi connectivity index (χ1n) is 6.17. The van der Waals surface area contributed by atoms with Crippen LogP contribution in [0.15, 0.2) is 0 Å². The fourth-order valence-corrected chi connectivity index (χ4v) is 4.13. The third kappa shape index (κ3) is 3.71. The van der Waals surface area contributed by atoms with Gasteiger partial charge in [-0.3, -0.25) is 0 Å². The number of nitrogens with two attached hydrogens (primary N) is 1. The molecule has 16 heavy (non-hydrogen) atoms. The monoisotopic (exact) mass is 248 g/mol. The van der Waals surface area contributed by atoms with Crippen LogP contribution in [-0.2, 0) is 10.0 Å². The Morgan fingerprint density at radius 3 is 2.62 bits per heavy atom. The molecule has 0 aromatic heterocycles. The van der Waals surface area contributed by atoms with E-state index >= 15 is 0 Å². The van der Waals surface area contributed by atoms with E-state index in [0.717, 1.165) is 25.7 Å². The Morgan fingerprint density at radius 1 is 1.38 bits per heavy atom. The molecule has 1 atom stereocenters. The molecule has 1 fully saturated rings. The minimum atomic E-state index is -3.09. The number of rotatable bonds is 5. The molecule has 1 aliphatic rings. The lowest BCUT2D eigenvalue weighted by Crippen LogP contribution is -2.48. The highest BCUT2D eigenvalue weighted by atomic mass is 32.2. The average Bonchev–Trinajstić information content (AvgIpc) is 2.26. The summed E-state index contributed by atoms with van der Waals surface area (Å²) in [6.45, 7) is 5.20. The highest BCUT2D eigenvalue weighted by molar-refractivity contribution is 7.89. The van der Waals surface area contributed by atoms with Gasteiger partial charge in [0.25, 0.3) is 0 Å². The van der Waals surface area contributed by atoms with Crippen molar-refractivity contribution in [1.29, 1.82) is 0 Å². The maximum atomic E-state index is 12.1. The van der Waals surface area contributed by atoms with Crippen molar-refractivity contribution in [1.82, 2.24) is 4.31 Å². The second kappa shape index (κ2) is 5.98. The summed E-state index contributed by atoms with van der Waals surface area (Å²) in [5, 5.41) is 0. The molecule has 0 radical (unpaired) electrons. The normalized spacial score (nSPS) is 23.9. The zero-order valence-corrected chi connectivity index (χ0v) is 11.2. The second-order valence-corrected chi connectivity index (χ2v) is 7.04. The summed E-state index contributed by atoms with van der Waals surface area (Å²) in [7, 11) is -3.09. The van der Waals surface area contributed by atoms with E-state index in [9.17, 15) is 8.42 Å². The lowest BCUT2D eigenvalue weighted by atomic mass is 10.1. The summed E-state index contributed by atoms with van der Waals surface area (Å²) < 4.78 is 25.9. The fraction of sp³-hybridized carbons (Fsp3) is 1.00. The fourth-order valence-electron chi connectivity index (χ4n) is 2.08. The van der Waals surface area contributed by atoms with E-state index in [1.54, 1.807) is 4.31 Å². The van der Waals surface area contributed by atoms with Crippen LogP contribution in [-0.4, -0.2) is 37.6 Å². The standard InChI is InChI=1S/C11H24N2O2S/c1-10(2)6-8-16(14,15)13-7-4-3-5-11(13)9-12/h10-11H,3-9,12H2,1-2H3. The van der Waals surface area contributed by atoms with Crippen molar-refractivity contribution in [2.45, 2.75) is 45.6 Å². The molecule has 1 unspecified atom stereocenters. The van der Waals surface area contributed by atoms with Crippen molar-refractivity contribution in [2.24, 2.45) is 11.7 Å². The molecular weight excluding hydrogens is 224 g/mol. The molecule has 0 spiro atoms. The van der Waals surface area contributed by atoms with Crippen molar-refractivity contribution >= 4 is 10.0 Å². The van der Waals surface area contributed by atoms with Gasteiger partial charge in [-0.1, -0.05) is 20.3 Å². The highest BCUT2D eigenvalue weighted by Gasteiger charge is 2.30. The van der Waals surface area contributed by atoms with Crippen molar-refractivity contribution in [3.05, 3.63) is 0 Å². The molecule has 96 valence electrons. The zero-order valence-electron chi connectivity index (χ0n) is 10.4. The summed E-state index contributed by atoms with van der Waals surface area (Å²) in [5.41, 5.74) is 5.64. The van der Waals surface area contributed by atoms with Crippen LogP contribution in [0.25, 0.3) is 0 Å². The van der Waals surface area contributed by atoms with Crippen LogP contribution in [0.2, 0.25) is 0 Å². The number of hydrogen-bond donors (Lipinski definition) is 1. The van der Waals surface area contributed by atoms with E-state index in [2.05, 4.69) is 0 Å². The third-order valence-electron chi connectivity index (χ3n) is 3.16. The summed E-state index contributed by atoms with van der Waals surface area (Å²) in [6.07, 6.45) is 3.71. The number of sulfonamides is 1. The van der Waals surface area contributed by atoms with Crippen molar-refractivity contribution in [3.63, 3.8) is 0 Å². The quantitative estimate of drug-likeness (QED) is 0.794. The van der Waals surface area contributed by atoms with E-state index in [-0.39, 0.29) is 11.8 Å². The van der Waals surface area contributed by atoms with Gasteiger partial charge < -0.3 is 5.73 Å². The predicted octanol–water partition coefficient (Wildman–Crippen LogP) is 1.18. The van der Waals surface area contributed by atoms with Gasteiger partial charge in [0, 0.05) is 19.1 Å². The van der Waals surface area contributed by atoms with Gasteiger partial charge in [-0.05, 0) is 25.2 Å². The second-order valence-electron chi connectivity index (χ2n) is 4.99. The minimum Gasteiger partial charge on any atom is -0.329 e. The van der Waals surface area contributed by atoms with Crippen LogP contribution in [0.4, 0.5) is 0 Å². The van der Waals surface area contributed by atoms with E-state index in [4.69, 9.17) is 5.73 Å². The first kappa shape index (κ1) is 13.9. The molecule has 0 amide bonds. The van der Waals surface area contributed by atoms with Gasteiger partial charge in [0.05, 0.1) is 5.75 Å². The molecule has 1 saturated heterocycles. The minimum absolute atomic E-state index is 0.0333. The van der Waals surface area contributed by atoms with Gasteiger partial charge in [-0.15, -0.1) is 0 Å². The van der Waals surface area contributed by atoms with E-state index in [1.165, 1.54) is 0 Å². The average molecular weight is 248 g/mol. The molecule has 0 aromatic carbocycles. The van der Waals surface area contributed by atoms with Crippen LogP contribution < -0.4 is 5.73 Å². The molecule has 1 heterocycles. The first-order valence-corrected chi connectivity index (χ1v) is 7.78. The Kier molecular flexibility index (Phi) is 5.21. The van der Waals surface area contributed by atoms with Crippen LogP contribution in [0.3, 0.4) is 0 Å². The van der Waals surface area contributed by atoms with Gasteiger partial charge >= 0.3 is 0 Å². The Balaban J connectivity index is 2.64. The molecule has 2 N–H and O–H groups in total. The van der Waals surface area contributed by atoms with Gasteiger partial charge in [0.1, 0.15) is 0 Å². The van der Waals surface area contributed by atoms with Gasteiger partial charge in [-0.2, -0.15) is 4.31 Å². The van der Waals surface area contributed by atoms with Crippen LogP contribution in [0.5, 0.6) is 0 Å². The van der Waals surface area contributed by atoms with Crippen LogP contribution in [0, 0.1) is 5.92 Å². The molecule has 0 bridgehead atoms. The van der Waals surface area contributed by atoms with Crippen molar-refractivity contribution in [3.8, 4) is 0 Å². The lowest BCUT2D eigenvalue weighted by molar-refractivity contribution is 0.257. The Bertz CT molecular complexity index is 301. The van der Waals surface area contributed by atoms with E-state index in [1.807, 2.05) is 13.8 Å². The molecule has 0 aliphatic carbocycles. The number of piperidine rings is 1. The molecule has 0 saturated carbocycles. The Hall–Kier alpha value is -0.130. The summed E-state index contributed by atoms with van der Waals surface area (Å²) in [4.78, 5) is 0. The maximum Gasteiger partial charge on any atom is 0.214 e. The van der Waals surface area contributed by atoms with Gasteiger partial charge in [0.15, 0.2) is 0 Å². The number of nitrogens with zero attached hydrogens (tertiary/aromatic N) is 1. The Morgan fingerprint density at radius 2 is 2.06 bits per heavy atom. The van der Waals surface area contributed by atoms with Gasteiger partial charge in [0.2, 0.25) is 10.0 Å². The molecular formula is C11H24N2O2S. The third-order valence-corrected chi connectivity index (χ3v) is 5.10. The molecule has 1 aliphatic heterocycles. The smallest absolute Gasteiger partial charge is 0.214 e. The molecule has 5 heteroatoms.